The number of nitrogens with one attached hydrogen (secondary N) is 3. The Bertz CT molecular complexity index is 853. The van der Waals surface area contributed by atoms with Crippen LogP contribution in [-0.4, -0.2) is 60.3 Å². The van der Waals surface area contributed by atoms with Gasteiger partial charge in [-0.15, -0.1) is 0 Å². The Balaban J connectivity index is 1.82. The first-order valence-electron chi connectivity index (χ1n) is 16.1. The molecular weight excluding hydrogens is 500 g/mol. The van der Waals surface area contributed by atoms with Crippen LogP contribution < -0.4 is 16.0 Å². The first kappa shape index (κ1) is 31.7. The number of hydrogen-bond donors (Lipinski definition) is 3. The van der Waals surface area contributed by atoms with Crippen molar-refractivity contribution in [3.63, 3.8) is 0 Å². The Hall–Kier alpha value is -2.78. The smallest absolute Gasteiger partial charge is 0.246 e. The van der Waals surface area contributed by atoms with E-state index < -0.39 is 0 Å². The van der Waals surface area contributed by atoms with Crippen LogP contribution in [0.15, 0.2) is 30.0 Å². The number of aliphatic imine (C=N–C) groups is 6. The third kappa shape index (κ3) is 9.41. The lowest BCUT2D eigenvalue weighted by Gasteiger charge is -2.31. The SMILES string of the molecule is CCCCC(CC)CNC1=NC2=NC(NCC(CC)CCCC)=NC3=NC(NCC(CC)CCCC)=NC(=N1)N23. The number of nitrogens with zero attached hydrogens (tertiary/aromatic N) is 7. The summed E-state index contributed by atoms with van der Waals surface area (Å²) in [6.45, 7) is 16.0. The average Bonchev–Trinajstić information content (AvgIpc) is 2.97. The van der Waals surface area contributed by atoms with Gasteiger partial charge in [-0.3, -0.25) is 0 Å². The summed E-state index contributed by atoms with van der Waals surface area (Å²) in [7, 11) is 0. The minimum absolute atomic E-state index is 0.504. The van der Waals surface area contributed by atoms with Crippen LogP contribution in [0, 0.1) is 17.8 Å². The van der Waals surface area contributed by atoms with Crippen molar-refractivity contribution in [2.45, 2.75) is 119 Å². The number of guanidine groups is 6. The molecule has 3 aliphatic heterocycles. The van der Waals surface area contributed by atoms with Gasteiger partial charge in [-0.25, -0.2) is 4.90 Å². The monoisotopic (exact) mass is 554 g/mol. The van der Waals surface area contributed by atoms with E-state index in [1.807, 2.05) is 0 Å². The maximum Gasteiger partial charge on any atom is 0.246 e. The van der Waals surface area contributed by atoms with Crippen molar-refractivity contribution < 1.29 is 0 Å². The highest BCUT2D eigenvalue weighted by Gasteiger charge is 2.35. The molecule has 3 atom stereocenters. The second-order valence-electron chi connectivity index (χ2n) is 11.3. The topological polar surface area (TPSA) is 113 Å². The molecule has 3 unspecified atom stereocenters. The van der Waals surface area contributed by atoms with Gasteiger partial charge in [0, 0.05) is 19.6 Å². The van der Waals surface area contributed by atoms with Gasteiger partial charge in [0.25, 0.3) is 0 Å². The van der Waals surface area contributed by atoms with Crippen molar-refractivity contribution >= 4 is 35.8 Å². The van der Waals surface area contributed by atoms with E-state index in [1.165, 1.54) is 57.8 Å². The summed E-state index contributed by atoms with van der Waals surface area (Å²) in [6.07, 6.45) is 14.3. The van der Waals surface area contributed by atoms with Crippen molar-refractivity contribution in [3.05, 3.63) is 0 Å². The molecule has 40 heavy (non-hydrogen) atoms. The molecule has 3 N–H and O–H groups in total. The highest BCUT2D eigenvalue weighted by Crippen LogP contribution is 2.18. The lowest BCUT2D eigenvalue weighted by atomic mass is 9.99. The largest absolute Gasteiger partial charge is 0.354 e. The normalized spacial score (nSPS) is 18.3. The van der Waals surface area contributed by atoms with Gasteiger partial charge in [0.15, 0.2) is 0 Å². The van der Waals surface area contributed by atoms with Gasteiger partial charge < -0.3 is 16.0 Å². The zero-order chi connectivity index (χ0) is 28.7. The molecule has 10 heteroatoms. The molecule has 0 radical (unpaired) electrons. The first-order valence-corrected chi connectivity index (χ1v) is 16.1. The van der Waals surface area contributed by atoms with Crippen LogP contribution in [-0.2, 0) is 0 Å². The summed E-state index contributed by atoms with van der Waals surface area (Å²) in [5, 5.41) is 10.4. The quantitative estimate of drug-likeness (QED) is 0.196. The molecule has 224 valence electrons. The van der Waals surface area contributed by atoms with Crippen molar-refractivity contribution in [2.24, 2.45) is 47.7 Å². The Morgan fingerprint density at radius 1 is 0.475 bits per heavy atom. The van der Waals surface area contributed by atoms with Crippen molar-refractivity contribution in [3.8, 4) is 0 Å². The molecule has 3 heterocycles. The van der Waals surface area contributed by atoms with E-state index >= 15 is 0 Å². The average molecular weight is 555 g/mol. The maximum atomic E-state index is 4.77. The minimum atomic E-state index is 0.504. The van der Waals surface area contributed by atoms with Crippen LogP contribution in [0.2, 0.25) is 0 Å². The van der Waals surface area contributed by atoms with E-state index in [0.29, 0.717) is 53.5 Å². The molecule has 0 fully saturated rings. The van der Waals surface area contributed by atoms with Gasteiger partial charge in [0.2, 0.25) is 35.8 Å². The van der Waals surface area contributed by atoms with Crippen LogP contribution in [0.1, 0.15) is 119 Å². The van der Waals surface area contributed by atoms with Crippen molar-refractivity contribution in [1.82, 2.24) is 20.9 Å². The van der Waals surface area contributed by atoms with Crippen LogP contribution in [0.3, 0.4) is 0 Å². The van der Waals surface area contributed by atoms with E-state index in [2.05, 4.69) is 57.5 Å². The zero-order valence-electron chi connectivity index (χ0n) is 26.0. The summed E-state index contributed by atoms with van der Waals surface area (Å²) in [5.41, 5.74) is 0. The molecule has 0 spiro atoms. The predicted octanol–water partition coefficient (Wildman–Crippen LogP) is 5.88. The fourth-order valence-corrected chi connectivity index (χ4v) is 5.06. The lowest BCUT2D eigenvalue weighted by molar-refractivity contribution is 0.444. The Labute approximate surface area is 242 Å². The predicted molar refractivity (Wildman–Crippen MR) is 170 cm³/mol. The summed E-state index contributed by atoms with van der Waals surface area (Å²) in [5.74, 6) is 4.91. The molecule has 3 aliphatic rings. The van der Waals surface area contributed by atoms with E-state index in [9.17, 15) is 0 Å². The Morgan fingerprint density at radius 2 is 0.775 bits per heavy atom. The molecule has 0 saturated carbocycles. The fraction of sp³-hybridized carbons (Fsp3) is 0.800. The molecule has 0 bridgehead atoms. The van der Waals surface area contributed by atoms with Crippen LogP contribution in [0.5, 0.6) is 0 Å². The third-order valence-electron chi connectivity index (χ3n) is 8.11. The summed E-state index contributed by atoms with van der Waals surface area (Å²) in [4.78, 5) is 30.4. The summed E-state index contributed by atoms with van der Waals surface area (Å²) >= 11 is 0. The number of hydrogen-bond acceptors (Lipinski definition) is 10. The van der Waals surface area contributed by atoms with Gasteiger partial charge >= 0.3 is 0 Å². The Kier molecular flexibility index (Phi) is 13.6. The molecule has 0 aromatic carbocycles. The zero-order valence-corrected chi connectivity index (χ0v) is 26.0. The Morgan fingerprint density at radius 3 is 1.02 bits per heavy atom. The molecule has 0 aromatic heterocycles. The molecule has 0 amide bonds. The molecule has 0 aromatic rings. The minimum Gasteiger partial charge on any atom is -0.354 e. The molecular formula is C30H54N10. The summed E-state index contributed by atoms with van der Waals surface area (Å²) in [6, 6.07) is 0. The lowest BCUT2D eigenvalue weighted by Crippen LogP contribution is -2.52. The van der Waals surface area contributed by atoms with E-state index in [1.54, 1.807) is 4.90 Å². The molecule has 10 nitrogen and oxygen atoms in total. The van der Waals surface area contributed by atoms with Crippen LogP contribution >= 0.6 is 0 Å². The van der Waals surface area contributed by atoms with Gasteiger partial charge in [-0.1, -0.05) is 99.3 Å². The molecule has 0 aliphatic carbocycles. The second-order valence-corrected chi connectivity index (χ2v) is 11.3. The maximum absolute atomic E-state index is 4.77. The van der Waals surface area contributed by atoms with E-state index in [4.69, 9.17) is 30.0 Å². The van der Waals surface area contributed by atoms with Gasteiger partial charge in [0.05, 0.1) is 0 Å². The fourth-order valence-electron chi connectivity index (χ4n) is 5.06. The highest BCUT2D eigenvalue weighted by molar-refractivity contribution is 6.30. The van der Waals surface area contributed by atoms with E-state index in [-0.39, 0.29) is 0 Å². The number of rotatable bonds is 18. The second kappa shape index (κ2) is 17.1. The molecule has 3 rings (SSSR count). The third-order valence-corrected chi connectivity index (χ3v) is 8.11. The van der Waals surface area contributed by atoms with Crippen molar-refractivity contribution in [1.29, 1.82) is 0 Å². The highest BCUT2D eigenvalue weighted by atomic mass is 15.5. The van der Waals surface area contributed by atoms with Crippen LogP contribution in [0.25, 0.3) is 0 Å². The molecule has 0 saturated heterocycles. The van der Waals surface area contributed by atoms with Crippen molar-refractivity contribution in [2.75, 3.05) is 19.6 Å². The standard InChI is InChI=1S/C30H54N10/c1-7-13-16-22(10-4)19-31-25-34-28-36-26(32-20-23(11-5)17-14-8-2)38-30-39-27(37-29(35-25)40(28)30)33-21-24(12-6)18-15-9-3/h22-24H,7-21H2,1-6H3,(H3,31,32,33,34,35,36,37,38,39). The number of unbranched alkanes of at least 4 members (excludes halogenated alkanes) is 3. The van der Waals surface area contributed by atoms with E-state index in [0.717, 1.165) is 38.9 Å². The summed E-state index contributed by atoms with van der Waals surface area (Å²) < 4.78 is 0. The van der Waals surface area contributed by atoms with Gasteiger partial charge in [0.1, 0.15) is 0 Å². The van der Waals surface area contributed by atoms with Crippen LogP contribution in [0.4, 0.5) is 0 Å². The van der Waals surface area contributed by atoms with Gasteiger partial charge in [-0.2, -0.15) is 30.0 Å². The van der Waals surface area contributed by atoms with Gasteiger partial charge in [-0.05, 0) is 37.0 Å². The first-order chi connectivity index (χ1) is 19.5.